The number of tetrazole rings is 1. The quantitative estimate of drug-likeness (QED) is 0.470. The first-order valence-corrected chi connectivity index (χ1v) is 8.63. The van der Waals surface area contributed by atoms with Crippen LogP contribution in [-0.2, 0) is 0 Å². The molecule has 0 aliphatic rings. The van der Waals surface area contributed by atoms with Gasteiger partial charge in [0.1, 0.15) is 11.4 Å². The number of nitrogens with one attached hydrogen (secondary N) is 1. The van der Waals surface area contributed by atoms with Crippen molar-refractivity contribution in [3.8, 4) is 17.2 Å². The molecule has 1 amide bonds. The molecule has 4 aromatic rings. The summed E-state index contributed by atoms with van der Waals surface area (Å²) in [5.74, 6) is 0.504. The zero-order chi connectivity index (χ0) is 19.5. The zero-order valence-electron chi connectivity index (χ0n) is 16.3. The van der Waals surface area contributed by atoms with Gasteiger partial charge in [0.05, 0.1) is 25.2 Å². The van der Waals surface area contributed by atoms with Gasteiger partial charge in [-0.25, -0.2) is 0 Å². The van der Waals surface area contributed by atoms with Gasteiger partial charge in [0.15, 0.2) is 5.75 Å². The summed E-state index contributed by atoms with van der Waals surface area (Å²) in [5, 5.41) is 17.9. The van der Waals surface area contributed by atoms with E-state index < -0.39 is 5.91 Å². The van der Waals surface area contributed by atoms with E-state index >= 15 is 0 Å². The van der Waals surface area contributed by atoms with E-state index in [1.54, 1.807) is 7.11 Å². The monoisotopic (exact) mass is 400 g/mol. The summed E-state index contributed by atoms with van der Waals surface area (Å²) < 4.78 is 13.0. The number of carbonyl (C=O) groups is 1. The van der Waals surface area contributed by atoms with Crippen LogP contribution in [0.4, 0.5) is 5.95 Å². The number of para-hydroxylation sites is 1. The Morgan fingerprint density at radius 3 is 2.66 bits per heavy atom. The first kappa shape index (κ1) is 20.8. The average Bonchev–Trinajstić information content (AvgIpc) is 3.34. The maximum Gasteiger partial charge on any atom is 1.00 e. The van der Waals surface area contributed by atoms with Crippen LogP contribution in [0.25, 0.3) is 21.9 Å². The molecule has 0 atom stereocenters. The Labute approximate surface area is 188 Å². The number of fused-ring (bicyclic) bond motifs is 1. The van der Waals surface area contributed by atoms with Crippen molar-refractivity contribution in [3.63, 3.8) is 0 Å². The third-order valence-electron chi connectivity index (χ3n) is 4.17. The number of rotatable bonds is 6. The summed E-state index contributed by atoms with van der Waals surface area (Å²) in [6.45, 7) is 2.24. The summed E-state index contributed by atoms with van der Waals surface area (Å²) in [6, 6.07) is 15.1. The van der Waals surface area contributed by atoms with E-state index in [0.717, 1.165) is 16.6 Å². The number of ether oxygens (including phenoxy) is 2. The Morgan fingerprint density at radius 2 is 2.00 bits per heavy atom. The van der Waals surface area contributed by atoms with Crippen molar-refractivity contribution in [3.05, 3.63) is 59.5 Å². The maximum atomic E-state index is 13.1. The molecule has 0 aliphatic carbocycles. The van der Waals surface area contributed by atoms with Crippen molar-refractivity contribution in [2.75, 3.05) is 13.7 Å². The summed E-state index contributed by atoms with van der Waals surface area (Å²) in [7, 11) is 1.59. The molecular weight excluding hydrogens is 383 g/mol. The Bertz CT molecular complexity index is 1110. The van der Waals surface area contributed by atoms with Crippen LogP contribution in [0.15, 0.2) is 48.5 Å². The van der Waals surface area contributed by atoms with Gasteiger partial charge in [-0.3, -0.25) is 20.2 Å². The minimum absolute atomic E-state index is 0. The molecule has 10 heteroatoms. The molecule has 4 rings (SSSR count). The smallest absolute Gasteiger partial charge is 0.497 e. The van der Waals surface area contributed by atoms with E-state index in [0.29, 0.717) is 18.1 Å². The Morgan fingerprint density at radius 1 is 1.21 bits per heavy atom. The molecule has 2 aromatic carbocycles. The number of methoxy groups -OCH3 is 1. The van der Waals surface area contributed by atoms with E-state index in [2.05, 4.69) is 25.9 Å². The van der Waals surface area contributed by atoms with Gasteiger partial charge in [-0.15, -0.1) is 5.21 Å². The molecule has 0 spiro atoms. The van der Waals surface area contributed by atoms with Gasteiger partial charge in [0.2, 0.25) is 5.91 Å². The van der Waals surface area contributed by atoms with Crippen LogP contribution in [0.1, 0.15) is 17.4 Å². The second-order valence-corrected chi connectivity index (χ2v) is 5.79. The number of amides is 1. The molecule has 1 N–H and O–H groups in total. The predicted molar refractivity (Wildman–Crippen MR) is 103 cm³/mol. The molecule has 0 saturated carbocycles. The second-order valence-electron chi connectivity index (χ2n) is 5.79. The number of H-pyrrole nitrogens is 1. The molecule has 0 radical (unpaired) electrons. The van der Waals surface area contributed by atoms with Crippen molar-refractivity contribution < 1.29 is 43.8 Å². The largest absolute Gasteiger partial charge is 1.00 e. The number of carbonyl (C=O) groups excluding carboxylic acids is 1. The van der Waals surface area contributed by atoms with Gasteiger partial charge >= 0.3 is 29.6 Å². The van der Waals surface area contributed by atoms with E-state index in [4.69, 9.17) is 9.47 Å². The van der Waals surface area contributed by atoms with Gasteiger partial charge in [-0.05, 0) is 37.3 Å². The molecule has 29 heavy (non-hydrogen) atoms. The molecular formula is C19H17N6NaO3. The fourth-order valence-electron chi connectivity index (χ4n) is 3.04. The van der Waals surface area contributed by atoms with E-state index in [9.17, 15) is 4.79 Å². The molecule has 2 heterocycles. The Hall–Kier alpha value is -2.88. The summed E-state index contributed by atoms with van der Waals surface area (Å²) in [4.78, 5) is 13.1. The van der Waals surface area contributed by atoms with Crippen molar-refractivity contribution in [2.24, 2.45) is 0 Å². The number of aromatic amines is 1. The predicted octanol–water partition coefficient (Wildman–Crippen LogP) is 0.400. The van der Waals surface area contributed by atoms with E-state index in [-0.39, 0.29) is 41.2 Å². The van der Waals surface area contributed by atoms with Crippen LogP contribution in [0.3, 0.4) is 0 Å². The molecule has 0 bridgehead atoms. The first-order chi connectivity index (χ1) is 13.7. The van der Waals surface area contributed by atoms with Crippen molar-refractivity contribution in [1.82, 2.24) is 25.2 Å². The number of aromatic nitrogens is 5. The number of hydrogen-bond acceptors (Lipinski definition) is 6. The van der Waals surface area contributed by atoms with Crippen LogP contribution in [-0.4, -0.2) is 44.8 Å². The van der Waals surface area contributed by atoms with Crippen LogP contribution in [0.2, 0.25) is 0 Å². The average molecular weight is 400 g/mol. The van der Waals surface area contributed by atoms with Crippen LogP contribution >= 0.6 is 0 Å². The number of nitrogens with zero attached hydrogens (tertiary/aromatic N) is 5. The first-order valence-electron chi connectivity index (χ1n) is 8.63. The molecule has 2 aromatic heterocycles. The third kappa shape index (κ3) is 3.98. The SMILES string of the molecule is CCOc1c(C(=O)[N-]c2nn[nH]n2)n(-c2ccccc2)c2ccc(OC)cc12.[Na+]. The minimum Gasteiger partial charge on any atom is -0.497 e. The number of hydrogen-bond donors (Lipinski definition) is 1. The molecule has 0 fully saturated rings. The van der Waals surface area contributed by atoms with Crippen LogP contribution in [0.5, 0.6) is 11.5 Å². The zero-order valence-corrected chi connectivity index (χ0v) is 18.3. The fraction of sp³-hybridized carbons (Fsp3) is 0.158. The van der Waals surface area contributed by atoms with Crippen molar-refractivity contribution in [2.45, 2.75) is 6.92 Å². The number of benzene rings is 2. The van der Waals surface area contributed by atoms with Crippen molar-refractivity contribution >= 4 is 22.8 Å². The van der Waals surface area contributed by atoms with Gasteiger partial charge in [-0.2, -0.15) is 0 Å². The third-order valence-corrected chi connectivity index (χ3v) is 4.17. The standard InChI is InChI=1S/C19H18N6O3.Na/c1-3-28-17-14-11-13(27-2)9-10-15(14)25(12-7-5-4-6-8-12)16(17)18(26)20-19-21-23-24-22-19;/h4-11H,3H2,1-2H3,(H2,20,21,22,23,24,26);/q;+1/p-1. The Kier molecular flexibility index (Phi) is 6.53. The summed E-state index contributed by atoms with van der Waals surface area (Å²) >= 11 is 0. The van der Waals surface area contributed by atoms with E-state index in [1.165, 1.54) is 0 Å². The topological polar surface area (TPSA) is 109 Å². The maximum absolute atomic E-state index is 13.1. The second kappa shape index (κ2) is 9.08. The molecule has 0 saturated heterocycles. The summed E-state index contributed by atoms with van der Waals surface area (Å²) in [6.07, 6.45) is 0. The van der Waals surface area contributed by atoms with Gasteiger partial charge in [-0.1, -0.05) is 18.2 Å². The molecule has 142 valence electrons. The summed E-state index contributed by atoms with van der Waals surface area (Å²) in [5.41, 5.74) is 1.87. The normalized spacial score (nSPS) is 10.4. The molecule has 0 aliphatic heterocycles. The van der Waals surface area contributed by atoms with E-state index in [1.807, 2.05) is 60.0 Å². The molecule has 0 unspecified atom stereocenters. The van der Waals surface area contributed by atoms with Gasteiger partial charge in [0.25, 0.3) is 0 Å². The van der Waals surface area contributed by atoms with Gasteiger partial charge in [0, 0.05) is 11.1 Å². The fourth-order valence-corrected chi connectivity index (χ4v) is 3.04. The molecule has 9 nitrogen and oxygen atoms in total. The van der Waals surface area contributed by atoms with Crippen LogP contribution in [0, 0.1) is 0 Å². The minimum atomic E-state index is -0.538. The van der Waals surface area contributed by atoms with Crippen molar-refractivity contribution in [1.29, 1.82) is 0 Å². The Balaban J connectivity index is 0.00000240. The van der Waals surface area contributed by atoms with Crippen LogP contribution < -0.4 is 39.0 Å². The van der Waals surface area contributed by atoms with Gasteiger partial charge < -0.3 is 19.4 Å².